The van der Waals surface area contributed by atoms with E-state index in [1.165, 1.54) is 24.3 Å². The molecule has 0 aliphatic rings. The minimum atomic E-state index is -4.56. The summed E-state index contributed by atoms with van der Waals surface area (Å²) in [6.45, 7) is 1.89. The Labute approximate surface area is 155 Å². The van der Waals surface area contributed by atoms with Gasteiger partial charge in [-0.05, 0) is 42.8 Å². The number of carbonyl (C=O) groups is 1. The molecule has 0 atom stereocenters. The van der Waals surface area contributed by atoms with Gasteiger partial charge in [0.2, 0.25) is 0 Å². The summed E-state index contributed by atoms with van der Waals surface area (Å²) in [5, 5.41) is 2.41. The summed E-state index contributed by atoms with van der Waals surface area (Å²) >= 11 is 0. The zero-order chi connectivity index (χ0) is 20.2. The minimum Gasteiger partial charge on any atom is -0.492 e. The van der Waals surface area contributed by atoms with Crippen LogP contribution in [0.25, 0.3) is 0 Å². The number of hydrogen-bond acceptors (Lipinski definition) is 4. The Balaban J connectivity index is 2.25. The summed E-state index contributed by atoms with van der Waals surface area (Å²) in [5.74, 6) is -0.689. The number of anilines is 1. The predicted molar refractivity (Wildman–Crippen MR) is 95.6 cm³/mol. The lowest BCUT2D eigenvalue weighted by Gasteiger charge is -2.15. The summed E-state index contributed by atoms with van der Waals surface area (Å²) in [5.41, 5.74) is -0.336. The van der Waals surface area contributed by atoms with E-state index in [9.17, 15) is 26.4 Å². The van der Waals surface area contributed by atoms with Crippen molar-refractivity contribution in [3.8, 4) is 5.75 Å². The molecule has 0 aromatic heterocycles. The first-order valence-electron chi connectivity index (χ1n) is 7.91. The highest BCUT2D eigenvalue weighted by molar-refractivity contribution is 7.89. The highest BCUT2D eigenvalue weighted by atomic mass is 32.2. The van der Waals surface area contributed by atoms with Crippen molar-refractivity contribution in [2.24, 2.45) is 0 Å². The van der Waals surface area contributed by atoms with Crippen LogP contribution in [0.3, 0.4) is 0 Å². The van der Waals surface area contributed by atoms with Crippen molar-refractivity contribution in [1.82, 2.24) is 0 Å². The van der Waals surface area contributed by atoms with E-state index in [1.807, 2.05) is 0 Å². The van der Waals surface area contributed by atoms with Gasteiger partial charge in [0, 0.05) is 11.8 Å². The van der Waals surface area contributed by atoms with E-state index in [1.54, 1.807) is 6.92 Å². The first kappa shape index (κ1) is 20.8. The lowest BCUT2D eigenvalue weighted by Crippen LogP contribution is -2.14. The van der Waals surface area contributed by atoms with Gasteiger partial charge in [-0.1, -0.05) is 12.1 Å². The van der Waals surface area contributed by atoms with E-state index in [0.29, 0.717) is 5.56 Å². The molecule has 0 fully saturated rings. The molecule has 0 aliphatic carbocycles. The fourth-order valence-electron chi connectivity index (χ4n) is 2.33. The van der Waals surface area contributed by atoms with Crippen LogP contribution in [0.2, 0.25) is 0 Å². The number of halogens is 3. The molecule has 146 valence electrons. The number of rotatable bonds is 6. The zero-order valence-corrected chi connectivity index (χ0v) is 15.4. The number of hydrogen-bond donors (Lipinski definition) is 1. The maximum atomic E-state index is 12.9. The van der Waals surface area contributed by atoms with Crippen LogP contribution in [0.1, 0.15) is 28.4 Å². The van der Waals surface area contributed by atoms with Crippen LogP contribution in [0, 0.1) is 0 Å². The Morgan fingerprint density at radius 1 is 1.11 bits per heavy atom. The molecular formula is C18H18F3NO4S. The van der Waals surface area contributed by atoms with Gasteiger partial charge in [-0.25, -0.2) is 8.42 Å². The summed E-state index contributed by atoms with van der Waals surface area (Å²) < 4.78 is 66.6. The van der Waals surface area contributed by atoms with E-state index in [2.05, 4.69) is 5.32 Å². The molecule has 27 heavy (non-hydrogen) atoms. The third-order valence-electron chi connectivity index (χ3n) is 3.50. The Morgan fingerprint density at radius 2 is 1.74 bits per heavy atom. The number of alkyl halides is 3. The van der Waals surface area contributed by atoms with Gasteiger partial charge in [0.1, 0.15) is 5.75 Å². The molecule has 0 saturated heterocycles. The van der Waals surface area contributed by atoms with E-state index < -0.39 is 27.5 Å². The first-order chi connectivity index (χ1) is 12.5. The molecule has 2 aromatic carbocycles. The third kappa shape index (κ3) is 5.99. The zero-order valence-electron chi connectivity index (χ0n) is 14.6. The normalized spacial score (nSPS) is 11.9. The lowest BCUT2D eigenvalue weighted by atomic mass is 10.1. The Hall–Kier alpha value is -2.55. The average Bonchev–Trinajstić information content (AvgIpc) is 2.54. The molecule has 0 bridgehead atoms. The molecule has 0 radical (unpaired) electrons. The second-order valence-electron chi connectivity index (χ2n) is 5.86. The summed E-state index contributed by atoms with van der Waals surface area (Å²) in [7, 11) is -3.21. The number of carbonyl (C=O) groups excluding carboxylic acids is 1. The van der Waals surface area contributed by atoms with Gasteiger partial charge < -0.3 is 10.1 Å². The van der Waals surface area contributed by atoms with Crippen molar-refractivity contribution in [3.05, 3.63) is 59.2 Å². The Kier molecular flexibility index (Phi) is 6.15. The van der Waals surface area contributed by atoms with Crippen LogP contribution in [0.4, 0.5) is 18.9 Å². The smallest absolute Gasteiger partial charge is 0.416 e. The molecule has 9 heteroatoms. The Bertz CT molecular complexity index is 923. The fourth-order valence-corrected chi connectivity index (χ4v) is 3.13. The molecule has 5 nitrogen and oxygen atoms in total. The summed E-state index contributed by atoms with van der Waals surface area (Å²) in [6, 6.07) is 8.60. The van der Waals surface area contributed by atoms with Gasteiger partial charge in [-0.15, -0.1) is 0 Å². The van der Waals surface area contributed by atoms with Crippen molar-refractivity contribution in [1.29, 1.82) is 0 Å². The number of sulfone groups is 1. The van der Waals surface area contributed by atoms with Gasteiger partial charge >= 0.3 is 6.18 Å². The maximum Gasteiger partial charge on any atom is 0.416 e. The lowest BCUT2D eigenvalue weighted by molar-refractivity contribution is -0.137. The first-order valence-corrected chi connectivity index (χ1v) is 9.97. The van der Waals surface area contributed by atoms with E-state index in [4.69, 9.17) is 4.74 Å². The minimum absolute atomic E-state index is 0.100. The largest absolute Gasteiger partial charge is 0.492 e. The number of benzene rings is 2. The molecule has 0 saturated carbocycles. The highest BCUT2D eigenvalue weighted by Gasteiger charge is 2.31. The van der Waals surface area contributed by atoms with Crippen molar-refractivity contribution >= 4 is 21.4 Å². The van der Waals surface area contributed by atoms with Crippen molar-refractivity contribution in [2.75, 3.05) is 18.2 Å². The van der Waals surface area contributed by atoms with E-state index >= 15 is 0 Å². The number of ether oxygens (including phenoxy) is 1. The van der Waals surface area contributed by atoms with Gasteiger partial charge in [0.25, 0.3) is 5.91 Å². The molecule has 1 amide bonds. The van der Waals surface area contributed by atoms with Gasteiger partial charge in [0.05, 0.1) is 23.6 Å². The van der Waals surface area contributed by atoms with Gasteiger partial charge in [0.15, 0.2) is 9.84 Å². The van der Waals surface area contributed by atoms with E-state index in [-0.39, 0.29) is 29.4 Å². The fraction of sp³-hybridized carbons (Fsp3) is 0.278. The molecule has 0 spiro atoms. The second-order valence-corrected chi connectivity index (χ2v) is 8.00. The molecule has 0 heterocycles. The number of amides is 1. The summed E-state index contributed by atoms with van der Waals surface area (Å²) in [6.07, 6.45) is -3.46. The van der Waals surface area contributed by atoms with Crippen LogP contribution in [0.5, 0.6) is 5.75 Å². The van der Waals surface area contributed by atoms with Crippen LogP contribution in [0.15, 0.2) is 42.5 Å². The highest BCUT2D eigenvalue weighted by Crippen LogP contribution is 2.35. The molecule has 2 rings (SSSR count). The average molecular weight is 401 g/mol. The SMILES string of the molecule is CCOc1ccc(C(F)(F)F)cc1NC(=O)c1ccc(CS(C)(=O)=O)cc1. The topological polar surface area (TPSA) is 72.5 Å². The molecule has 2 aromatic rings. The van der Waals surface area contributed by atoms with Crippen molar-refractivity contribution in [2.45, 2.75) is 18.9 Å². The maximum absolute atomic E-state index is 12.9. The van der Waals surface area contributed by atoms with Gasteiger partial charge in [-0.3, -0.25) is 4.79 Å². The van der Waals surface area contributed by atoms with Crippen LogP contribution in [-0.4, -0.2) is 27.2 Å². The van der Waals surface area contributed by atoms with Gasteiger partial charge in [-0.2, -0.15) is 13.2 Å². The van der Waals surface area contributed by atoms with E-state index in [0.717, 1.165) is 24.5 Å². The molecular weight excluding hydrogens is 383 g/mol. The van der Waals surface area contributed by atoms with Crippen molar-refractivity contribution in [3.63, 3.8) is 0 Å². The summed E-state index contributed by atoms with van der Waals surface area (Å²) in [4.78, 5) is 12.4. The van der Waals surface area contributed by atoms with Crippen LogP contribution < -0.4 is 10.1 Å². The van der Waals surface area contributed by atoms with Crippen molar-refractivity contribution < 1.29 is 31.1 Å². The molecule has 0 unspecified atom stereocenters. The van der Waals surface area contributed by atoms with Crippen LogP contribution >= 0.6 is 0 Å². The predicted octanol–water partition coefficient (Wildman–Crippen LogP) is 3.90. The Morgan fingerprint density at radius 3 is 2.26 bits per heavy atom. The standard InChI is InChI=1S/C18H18F3NO4S/c1-3-26-16-9-8-14(18(19,20)21)10-15(16)22-17(23)13-6-4-12(5-7-13)11-27(2,24)25/h4-10H,3,11H2,1-2H3,(H,22,23). The quantitative estimate of drug-likeness (QED) is 0.797. The third-order valence-corrected chi connectivity index (χ3v) is 4.36. The second kappa shape index (κ2) is 7.99. The van der Waals surface area contributed by atoms with Crippen LogP contribution in [-0.2, 0) is 21.8 Å². The molecule has 0 aliphatic heterocycles. The molecule has 1 N–H and O–H groups in total. The number of nitrogens with one attached hydrogen (secondary N) is 1. The monoisotopic (exact) mass is 401 g/mol.